The average Bonchev–Trinajstić information content (AvgIpc) is 3.47. The average molecular weight is 543 g/mol. The van der Waals surface area contributed by atoms with Gasteiger partial charge in [-0.2, -0.15) is 0 Å². The Bertz CT molecular complexity index is 1500. The lowest BCUT2D eigenvalue weighted by atomic mass is 10.0. The molecule has 206 valence electrons. The number of ketones is 1. The molecule has 4 aliphatic rings. The summed E-state index contributed by atoms with van der Waals surface area (Å²) in [6, 6.07) is 12.5. The summed E-state index contributed by atoms with van der Waals surface area (Å²) >= 11 is 0. The molecule has 0 unspecified atom stereocenters. The van der Waals surface area contributed by atoms with E-state index in [1.807, 2.05) is 18.2 Å². The van der Waals surface area contributed by atoms with E-state index in [0.29, 0.717) is 54.3 Å². The van der Waals surface area contributed by atoms with E-state index in [1.54, 1.807) is 24.4 Å². The number of carbonyl (C=O) groups excluding carboxylic acids is 2. The van der Waals surface area contributed by atoms with Crippen molar-refractivity contribution in [2.24, 2.45) is 5.92 Å². The van der Waals surface area contributed by atoms with Gasteiger partial charge in [0.2, 0.25) is 5.91 Å². The number of carbonyl (C=O) groups is 2. The van der Waals surface area contributed by atoms with Crippen LogP contribution in [0.2, 0.25) is 0 Å². The van der Waals surface area contributed by atoms with Crippen molar-refractivity contribution in [1.29, 1.82) is 0 Å². The molecular weight excluding hydrogens is 511 g/mol. The Morgan fingerprint density at radius 2 is 1.98 bits per heavy atom. The van der Waals surface area contributed by atoms with E-state index >= 15 is 0 Å². The summed E-state index contributed by atoms with van der Waals surface area (Å²) in [5.74, 6) is 2.45. The molecule has 1 saturated carbocycles. The van der Waals surface area contributed by atoms with Crippen molar-refractivity contribution in [1.82, 2.24) is 14.8 Å². The fraction of sp³-hybridized carbons (Fsp3) is 0.387. The number of hydrogen-bond acceptors (Lipinski definition) is 7. The van der Waals surface area contributed by atoms with Gasteiger partial charge in [0.15, 0.2) is 5.78 Å². The van der Waals surface area contributed by atoms with Crippen molar-refractivity contribution in [3.8, 4) is 17.2 Å². The number of rotatable bonds is 7. The maximum atomic E-state index is 14.9. The predicted molar refractivity (Wildman–Crippen MR) is 146 cm³/mol. The number of fused-ring (bicyclic) bond motifs is 4. The number of Topliss-reactive ketones (excluding diaryl/α,β-unsaturated/α-hetero) is 1. The summed E-state index contributed by atoms with van der Waals surface area (Å²) < 4.78 is 27.3. The minimum absolute atomic E-state index is 0.0422. The number of piperazine rings is 1. The summed E-state index contributed by atoms with van der Waals surface area (Å²) in [6.07, 6.45) is 2.87. The van der Waals surface area contributed by atoms with Crippen molar-refractivity contribution in [3.05, 3.63) is 76.7 Å². The van der Waals surface area contributed by atoms with E-state index in [-0.39, 0.29) is 35.4 Å². The smallest absolute Gasteiger partial charge is 0.225 e. The van der Waals surface area contributed by atoms with Crippen LogP contribution in [0.4, 0.5) is 10.2 Å². The highest BCUT2D eigenvalue weighted by Crippen LogP contribution is 2.60. The summed E-state index contributed by atoms with van der Waals surface area (Å²) in [6.45, 7) is 4.35. The zero-order chi connectivity index (χ0) is 27.4. The van der Waals surface area contributed by atoms with Crippen molar-refractivity contribution < 1.29 is 23.5 Å². The number of ether oxygens (including phenoxy) is 2. The molecule has 3 aliphatic heterocycles. The molecule has 1 saturated heterocycles. The van der Waals surface area contributed by atoms with Crippen molar-refractivity contribution in [2.45, 2.75) is 37.8 Å². The molecule has 1 aliphatic carbocycles. The van der Waals surface area contributed by atoms with Crippen LogP contribution in [0.25, 0.3) is 0 Å². The van der Waals surface area contributed by atoms with Crippen LogP contribution < -0.4 is 14.8 Å². The molecular formula is C31H31FN4O4. The zero-order valence-electron chi connectivity index (χ0n) is 22.4. The number of benzene rings is 2. The van der Waals surface area contributed by atoms with E-state index in [0.717, 1.165) is 43.1 Å². The van der Waals surface area contributed by atoms with Gasteiger partial charge in [-0.25, -0.2) is 9.37 Å². The molecule has 1 N–H and O–H groups in total. The fourth-order valence-corrected chi connectivity index (χ4v) is 6.17. The van der Waals surface area contributed by atoms with Gasteiger partial charge in [0.1, 0.15) is 35.0 Å². The van der Waals surface area contributed by atoms with Crippen LogP contribution in [-0.4, -0.2) is 65.8 Å². The van der Waals surface area contributed by atoms with Crippen LogP contribution in [0.1, 0.15) is 45.8 Å². The number of pyridine rings is 1. The van der Waals surface area contributed by atoms with Crippen LogP contribution in [0.3, 0.4) is 0 Å². The number of nitrogens with zero attached hydrogens (tertiary/aromatic N) is 3. The number of aromatic nitrogens is 1. The van der Waals surface area contributed by atoms with E-state index in [2.05, 4.69) is 27.1 Å². The molecule has 3 aromatic rings. The molecule has 3 atom stereocenters. The lowest BCUT2D eigenvalue weighted by molar-refractivity contribution is -0.116. The SMILES string of the molecule is CN1CCN(Cc2ccc(C(=O)C[C@@H]3[C@H]4Oc5ccc(Oc6ccnc7c6CCC(=O)N7)cc5[C@@H]34)cc2F)CC1. The Kier molecular flexibility index (Phi) is 6.28. The van der Waals surface area contributed by atoms with Gasteiger partial charge in [-0.3, -0.25) is 14.5 Å². The first-order chi connectivity index (χ1) is 19.4. The Labute approximate surface area is 232 Å². The Hall–Kier alpha value is -3.82. The summed E-state index contributed by atoms with van der Waals surface area (Å²) in [5.41, 5.74) is 2.96. The minimum atomic E-state index is -0.318. The van der Waals surface area contributed by atoms with E-state index in [4.69, 9.17) is 9.47 Å². The number of likely N-dealkylation sites (N-methyl/N-ethyl adjacent to an activating group) is 1. The van der Waals surface area contributed by atoms with Crippen LogP contribution >= 0.6 is 0 Å². The van der Waals surface area contributed by atoms with Gasteiger partial charge < -0.3 is 19.7 Å². The highest BCUT2D eigenvalue weighted by molar-refractivity contribution is 5.96. The van der Waals surface area contributed by atoms with Gasteiger partial charge in [-0.1, -0.05) is 12.1 Å². The lowest BCUT2D eigenvalue weighted by Crippen LogP contribution is -2.44. The van der Waals surface area contributed by atoms with Crippen LogP contribution in [-0.2, 0) is 17.8 Å². The molecule has 2 aromatic carbocycles. The number of amides is 1. The molecule has 7 rings (SSSR count). The molecule has 40 heavy (non-hydrogen) atoms. The Morgan fingerprint density at radius 3 is 2.80 bits per heavy atom. The molecule has 9 heteroatoms. The highest BCUT2D eigenvalue weighted by Gasteiger charge is 2.59. The maximum Gasteiger partial charge on any atom is 0.225 e. The molecule has 4 heterocycles. The third-order valence-electron chi connectivity index (χ3n) is 8.59. The number of nitrogens with one attached hydrogen (secondary N) is 1. The second kappa shape index (κ2) is 9.98. The monoisotopic (exact) mass is 542 g/mol. The van der Waals surface area contributed by atoms with Crippen molar-refractivity contribution >= 4 is 17.5 Å². The zero-order valence-corrected chi connectivity index (χ0v) is 22.4. The largest absolute Gasteiger partial charge is 0.489 e. The fourth-order valence-electron chi connectivity index (χ4n) is 6.17. The lowest BCUT2D eigenvalue weighted by Gasteiger charge is -2.32. The van der Waals surface area contributed by atoms with Gasteiger partial charge in [0.05, 0.1) is 0 Å². The van der Waals surface area contributed by atoms with E-state index in [9.17, 15) is 14.0 Å². The van der Waals surface area contributed by atoms with E-state index < -0.39 is 0 Å². The quantitative estimate of drug-likeness (QED) is 0.444. The van der Waals surface area contributed by atoms with Crippen LogP contribution in [0.15, 0.2) is 48.7 Å². The molecule has 0 bridgehead atoms. The first kappa shape index (κ1) is 25.2. The van der Waals surface area contributed by atoms with Gasteiger partial charge in [-0.15, -0.1) is 0 Å². The molecule has 0 radical (unpaired) electrons. The van der Waals surface area contributed by atoms with Crippen LogP contribution in [0.5, 0.6) is 17.2 Å². The third-order valence-corrected chi connectivity index (χ3v) is 8.59. The van der Waals surface area contributed by atoms with E-state index in [1.165, 1.54) is 6.07 Å². The molecule has 1 aromatic heterocycles. The third kappa shape index (κ3) is 4.73. The number of anilines is 1. The number of hydrogen-bond donors (Lipinski definition) is 1. The molecule has 8 nitrogen and oxygen atoms in total. The molecule has 1 amide bonds. The Morgan fingerprint density at radius 1 is 1.12 bits per heavy atom. The van der Waals surface area contributed by atoms with Gasteiger partial charge >= 0.3 is 0 Å². The highest BCUT2D eigenvalue weighted by atomic mass is 19.1. The van der Waals surface area contributed by atoms with Crippen molar-refractivity contribution in [2.75, 3.05) is 38.5 Å². The second-order valence-corrected chi connectivity index (χ2v) is 11.3. The Balaban J connectivity index is 1.00. The standard InChI is InChI=1S/C31H31FN4O4/c1-35-10-12-36(13-11-35)17-19-3-2-18(14-24(19)32)25(37)16-23-29-22-15-20(4-6-26(22)40-30(23)29)39-27-8-9-33-31-21(27)5-7-28(38)34-31/h2-4,6,8-9,14-15,23,29-30H,5,7,10-13,16-17H2,1H3,(H,33,34,38)/t23-,29-,30+/m0/s1. The van der Waals surface area contributed by atoms with Gasteiger partial charge in [-0.05, 0) is 43.8 Å². The second-order valence-electron chi connectivity index (χ2n) is 11.3. The van der Waals surface area contributed by atoms with Crippen LogP contribution in [0, 0.1) is 11.7 Å². The first-order valence-electron chi connectivity index (χ1n) is 13.9. The minimum Gasteiger partial charge on any atom is -0.489 e. The summed E-state index contributed by atoms with van der Waals surface area (Å²) in [4.78, 5) is 33.6. The summed E-state index contributed by atoms with van der Waals surface area (Å²) in [7, 11) is 2.10. The summed E-state index contributed by atoms with van der Waals surface area (Å²) in [5, 5.41) is 2.80. The number of halogens is 1. The van der Waals surface area contributed by atoms with Gasteiger partial charge in [0.25, 0.3) is 0 Å². The topological polar surface area (TPSA) is 84.0 Å². The van der Waals surface area contributed by atoms with Gasteiger partial charge in [0, 0.05) is 85.9 Å². The molecule has 2 fully saturated rings. The van der Waals surface area contributed by atoms with Crippen molar-refractivity contribution in [3.63, 3.8) is 0 Å². The normalized spacial score (nSPS) is 23.4. The first-order valence-corrected chi connectivity index (χ1v) is 13.9. The molecule has 0 spiro atoms. The maximum absolute atomic E-state index is 14.9. The predicted octanol–water partition coefficient (Wildman–Crippen LogP) is 4.39.